The lowest BCUT2D eigenvalue weighted by Gasteiger charge is -2.29. The quantitative estimate of drug-likeness (QED) is 0.890. The minimum absolute atomic E-state index is 0.0766. The second-order valence-corrected chi connectivity index (χ2v) is 6.67. The number of amides is 1. The van der Waals surface area contributed by atoms with Crippen LogP contribution in [0.3, 0.4) is 0 Å². The second-order valence-electron chi connectivity index (χ2n) is 6.67. The maximum atomic E-state index is 12.7. The van der Waals surface area contributed by atoms with Gasteiger partial charge in [-0.25, -0.2) is 0 Å². The van der Waals surface area contributed by atoms with Crippen LogP contribution in [0.1, 0.15) is 23.2 Å². The Balaban J connectivity index is 1.58. The molecule has 0 saturated carbocycles. The van der Waals surface area contributed by atoms with E-state index in [2.05, 4.69) is 10.2 Å². The van der Waals surface area contributed by atoms with Gasteiger partial charge in [-0.05, 0) is 18.6 Å². The van der Waals surface area contributed by atoms with E-state index in [1.54, 1.807) is 4.90 Å². The zero-order chi connectivity index (χ0) is 18.3. The van der Waals surface area contributed by atoms with Gasteiger partial charge in [0.05, 0.1) is 23.8 Å². The van der Waals surface area contributed by atoms with Crippen LogP contribution >= 0.6 is 0 Å². The number of hydrogen-bond donors (Lipinski definition) is 1. The van der Waals surface area contributed by atoms with E-state index in [1.165, 1.54) is 12.1 Å². The van der Waals surface area contributed by atoms with Crippen molar-refractivity contribution in [3.05, 3.63) is 41.1 Å². The van der Waals surface area contributed by atoms with E-state index < -0.39 is 11.7 Å². The topological polar surface area (TPSA) is 58.2 Å². The normalized spacial score (nSPS) is 20.3. The molecule has 8 heteroatoms. The Morgan fingerprint density at radius 3 is 2.69 bits per heavy atom. The molecule has 138 valence electrons. The molecule has 1 aromatic heterocycles. The highest BCUT2D eigenvalue weighted by molar-refractivity contribution is 5.80. The van der Waals surface area contributed by atoms with Crippen LogP contribution < -0.4 is 0 Å². The first-order valence-electron chi connectivity index (χ1n) is 8.54. The summed E-state index contributed by atoms with van der Waals surface area (Å²) in [4.78, 5) is 14.4. The summed E-state index contributed by atoms with van der Waals surface area (Å²) in [7, 11) is 0. The number of halogens is 3. The standard InChI is InChI=1S/C18H18F3N3O2/c19-18(20,21)13-3-1-11(2-4-13)16-14-9-24(7-5-15(14)22-23-16)17(25)12-6-8-26-10-12/h1-4,12H,5-10H2,(H,22,23)/t12-/m1/s1. The Hall–Kier alpha value is -2.35. The van der Waals surface area contributed by atoms with Gasteiger partial charge in [0.2, 0.25) is 5.91 Å². The Kier molecular flexibility index (Phi) is 4.22. The van der Waals surface area contributed by atoms with Crippen molar-refractivity contribution in [3.63, 3.8) is 0 Å². The van der Waals surface area contributed by atoms with Gasteiger partial charge in [-0.1, -0.05) is 12.1 Å². The summed E-state index contributed by atoms with van der Waals surface area (Å²) in [5.41, 5.74) is 2.33. The highest BCUT2D eigenvalue weighted by Crippen LogP contribution is 2.33. The predicted octanol–water partition coefficient (Wildman–Crippen LogP) is 3.02. The fraction of sp³-hybridized carbons (Fsp3) is 0.444. The van der Waals surface area contributed by atoms with Crippen LogP contribution in [0.15, 0.2) is 24.3 Å². The Morgan fingerprint density at radius 1 is 1.27 bits per heavy atom. The summed E-state index contributed by atoms with van der Waals surface area (Å²) in [5, 5.41) is 7.25. The molecule has 0 aliphatic carbocycles. The molecule has 0 bridgehead atoms. The van der Waals surface area contributed by atoms with Crippen molar-refractivity contribution in [1.82, 2.24) is 15.1 Å². The first-order valence-corrected chi connectivity index (χ1v) is 8.54. The van der Waals surface area contributed by atoms with Crippen LogP contribution in [0.25, 0.3) is 11.3 Å². The molecule has 1 saturated heterocycles. The average molecular weight is 365 g/mol. The second kappa shape index (κ2) is 6.42. The molecular formula is C18H18F3N3O2. The smallest absolute Gasteiger partial charge is 0.381 e. The van der Waals surface area contributed by atoms with E-state index in [0.717, 1.165) is 29.8 Å². The highest BCUT2D eigenvalue weighted by Gasteiger charge is 2.33. The summed E-state index contributed by atoms with van der Waals surface area (Å²) in [6.07, 6.45) is -2.97. The molecule has 1 atom stereocenters. The molecular weight excluding hydrogens is 347 g/mol. The number of nitrogens with one attached hydrogen (secondary N) is 1. The number of rotatable bonds is 2. The molecule has 1 N–H and O–H groups in total. The summed E-state index contributed by atoms with van der Waals surface area (Å²) >= 11 is 0. The third-order valence-electron chi connectivity index (χ3n) is 5.01. The fourth-order valence-electron chi connectivity index (χ4n) is 3.53. The zero-order valence-electron chi connectivity index (χ0n) is 14.0. The number of ether oxygens (including phenoxy) is 1. The molecule has 3 heterocycles. The summed E-state index contributed by atoms with van der Waals surface area (Å²) in [5.74, 6) is -0.0225. The maximum Gasteiger partial charge on any atom is 0.416 e. The van der Waals surface area contributed by atoms with Crippen LogP contribution in [0, 0.1) is 5.92 Å². The van der Waals surface area contributed by atoms with Crippen molar-refractivity contribution in [2.45, 2.75) is 25.6 Å². The minimum Gasteiger partial charge on any atom is -0.381 e. The van der Waals surface area contributed by atoms with Crippen LogP contribution in [-0.4, -0.2) is 40.8 Å². The molecule has 5 nitrogen and oxygen atoms in total. The van der Waals surface area contributed by atoms with Gasteiger partial charge in [-0.15, -0.1) is 0 Å². The van der Waals surface area contributed by atoms with Crippen LogP contribution in [0.5, 0.6) is 0 Å². The number of aromatic amines is 1. The van der Waals surface area contributed by atoms with Crippen molar-refractivity contribution in [2.24, 2.45) is 5.92 Å². The monoisotopic (exact) mass is 365 g/mol. The van der Waals surface area contributed by atoms with Crippen LogP contribution in [0.2, 0.25) is 0 Å². The fourth-order valence-corrected chi connectivity index (χ4v) is 3.53. The van der Waals surface area contributed by atoms with Crippen molar-refractivity contribution in [2.75, 3.05) is 19.8 Å². The van der Waals surface area contributed by atoms with E-state index >= 15 is 0 Å². The number of benzene rings is 1. The number of hydrogen-bond acceptors (Lipinski definition) is 3. The van der Waals surface area contributed by atoms with Gasteiger partial charge >= 0.3 is 6.18 Å². The Morgan fingerprint density at radius 2 is 2.04 bits per heavy atom. The third kappa shape index (κ3) is 3.09. The van der Waals surface area contributed by atoms with Crippen molar-refractivity contribution < 1.29 is 22.7 Å². The van der Waals surface area contributed by atoms with E-state index in [1.807, 2.05) is 0 Å². The van der Waals surface area contributed by atoms with Gasteiger partial charge in [0.15, 0.2) is 0 Å². The number of carbonyl (C=O) groups is 1. The molecule has 1 amide bonds. The van der Waals surface area contributed by atoms with Crippen LogP contribution in [-0.2, 0) is 28.7 Å². The maximum absolute atomic E-state index is 12.7. The third-order valence-corrected chi connectivity index (χ3v) is 5.01. The first-order chi connectivity index (χ1) is 12.4. The summed E-state index contributed by atoms with van der Waals surface area (Å²) < 4.78 is 43.5. The van der Waals surface area contributed by atoms with Gasteiger partial charge in [-0.3, -0.25) is 9.89 Å². The molecule has 2 aliphatic heterocycles. The van der Waals surface area contributed by atoms with E-state index in [4.69, 9.17) is 4.74 Å². The predicted molar refractivity (Wildman–Crippen MR) is 87.1 cm³/mol. The SMILES string of the molecule is O=C([C@@H]1CCOC1)N1CCc2[nH]nc(-c3ccc(C(F)(F)F)cc3)c2C1. The molecule has 2 aromatic rings. The van der Waals surface area contributed by atoms with Crippen molar-refractivity contribution >= 4 is 5.91 Å². The van der Waals surface area contributed by atoms with Gasteiger partial charge in [0.25, 0.3) is 0 Å². The van der Waals surface area contributed by atoms with Crippen molar-refractivity contribution in [1.29, 1.82) is 0 Å². The molecule has 1 fully saturated rings. The molecule has 26 heavy (non-hydrogen) atoms. The highest BCUT2D eigenvalue weighted by atomic mass is 19.4. The van der Waals surface area contributed by atoms with Crippen molar-refractivity contribution in [3.8, 4) is 11.3 Å². The minimum atomic E-state index is -4.36. The largest absolute Gasteiger partial charge is 0.416 e. The van der Waals surface area contributed by atoms with Gasteiger partial charge < -0.3 is 9.64 Å². The molecule has 4 rings (SSSR count). The number of nitrogens with zero attached hydrogens (tertiary/aromatic N) is 2. The lowest BCUT2D eigenvalue weighted by atomic mass is 9.98. The number of alkyl halides is 3. The lowest BCUT2D eigenvalue weighted by Crippen LogP contribution is -2.40. The molecule has 2 aliphatic rings. The Labute approximate surface area is 148 Å². The number of carbonyl (C=O) groups excluding carboxylic acids is 1. The van der Waals surface area contributed by atoms with E-state index in [9.17, 15) is 18.0 Å². The summed E-state index contributed by atoms with van der Waals surface area (Å²) in [6, 6.07) is 4.95. The number of H-pyrrole nitrogens is 1. The zero-order valence-corrected chi connectivity index (χ0v) is 14.0. The molecule has 0 radical (unpaired) electrons. The first kappa shape index (κ1) is 17.1. The molecule has 0 spiro atoms. The van der Waals surface area contributed by atoms with Crippen LogP contribution in [0.4, 0.5) is 13.2 Å². The molecule has 0 unspecified atom stereocenters. The number of fused-ring (bicyclic) bond motifs is 1. The van der Waals surface area contributed by atoms with E-state index in [0.29, 0.717) is 44.0 Å². The Bertz CT molecular complexity index is 808. The molecule has 1 aromatic carbocycles. The lowest BCUT2D eigenvalue weighted by molar-refractivity contribution is -0.138. The number of aromatic nitrogens is 2. The summed E-state index contributed by atoms with van der Waals surface area (Å²) in [6.45, 7) is 2.09. The van der Waals surface area contributed by atoms with E-state index in [-0.39, 0.29) is 11.8 Å². The average Bonchev–Trinajstić information content (AvgIpc) is 3.30. The van der Waals surface area contributed by atoms with Gasteiger partial charge in [0, 0.05) is 42.9 Å². The van der Waals surface area contributed by atoms with Gasteiger partial charge in [0.1, 0.15) is 0 Å². The van der Waals surface area contributed by atoms with Gasteiger partial charge in [-0.2, -0.15) is 18.3 Å².